The summed E-state index contributed by atoms with van der Waals surface area (Å²) in [5.74, 6) is 1.27. The Morgan fingerprint density at radius 3 is 2.40 bits per heavy atom. The van der Waals surface area contributed by atoms with Gasteiger partial charge < -0.3 is 5.32 Å². The Morgan fingerprint density at radius 1 is 1.15 bits per heavy atom. The molecule has 2 rings (SSSR count). The van der Waals surface area contributed by atoms with E-state index in [9.17, 15) is 8.42 Å². The third-order valence-electron chi connectivity index (χ3n) is 4.61. The number of rotatable bonds is 6. The van der Waals surface area contributed by atoms with Crippen LogP contribution in [0, 0.1) is 11.8 Å². The van der Waals surface area contributed by atoms with Crippen LogP contribution in [0.3, 0.4) is 0 Å². The summed E-state index contributed by atoms with van der Waals surface area (Å²) in [5, 5.41) is 3.35. The average Bonchev–Trinajstić information content (AvgIpc) is 2.81. The van der Waals surface area contributed by atoms with Gasteiger partial charge in [0.2, 0.25) is 0 Å². The first-order valence-electron chi connectivity index (χ1n) is 7.99. The second kappa shape index (κ2) is 7.20. The maximum absolute atomic E-state index is 12.4. The van der Waals surface area contributed by atoms with Crippen molar-refractivity contribution in [3.8, 4) is 0 Å². The lowest BCUT2D eigenvalue weighted by Gasteiger charge is -2.32. The van der Waals surface area contributed by atoms with Crippen molar-refractivity contribution in [1.29, 1.82) is 0 Å². The van der Waals surface area contributed by atoms with E-state index in [-0.39, 0.29) is 6.04 Å². The fourth-order valence-electron chi connectivity index (χ4n) is 3.30. The van der Waals surface area contributed by atoms with E-state index < -0.39 is 10.2 Å². The van der Waals surface area contributed by atoms with Gasteiger partial charge in [0.05, 0.1) is 0 Å². The van der Waals surface area contributed by atoms with Crippen LogP contribution in [0.5, 0.6) is 0 Å². The molecule has 20 heavy (non-hydrogen) atoms. The zero-order chi connectivity index (χ0) is 14.6. The highest BCUT2D eigenvalue weighted by Crippen LogP contribution is 2.26. The molecule has 0 bridgehead atoms. The van der Waals surface area contributed by atoms with Gasteiger partial charge >= 0.3 is 0 Å². The number of hydrogen-bond donors (Lipinski definition) is 2. The van der Waals surface area contributed by atoms with Gasteiger partial charge in [0, 0.05) is 19.1 Å². The van der Waals surface area contributed by atoms with E-state index in [0.717, 1.165) is 45.2 Å². The number of piperidine rings is 1. The van der Waals surface area contributed by atoms with Crippen LogP contribution in [0.4, 0.5) is 0 Å². The molecule has 0 spiro atoms. The molecule has 0 aromatic carbocycles. The van der Waals surface area contributed by atoms with Crippen LogP contribution in [-0.4, -0.2) is 44.9 Å². The summed E-state index contributed by atoms with van der Waals surface area (Å²) in [6.07, 6.45) is 5.04. The topological polar surface area (TPSA) is 61.4 Å². The zero-order valence-corrected chi connectivity index (χ0v) is 13.6. The van der Waals surface area contributed by atoms with E-state index in [0.29, 0.717) is 24.9 Å². The molecule has 1 aliphatic heterocycles. The first-order valence-corrected chi connectivity index (χ1v) is 9.43. The van der Waals surface area contributed by atoms with Gasteiger partial charge in [-0.15, -0.1) is 0 Å². The first-order chi connectivity index (χ1) is 9.51. The maximum Gasteiger partial charge on any atom is 0.279 e. The molecule has 2 atom stereocenters. The van der Waals surface area contributed by atoms with Gasteiger partial charge in [0.25, 0.3) is 10.2 Å². The second-order valence-electron chi connectivity index (χ2n) is 6.39. The SMILES string of the molecule is CCNCC1CCN(S(=O)(=O)NC2CCC(C)C2)CC1. The quantitative estimate of drug-likeness (QED) is 0.778. The molecule has 1 saturated carbocycles. The van der Waals surface area contributed by atoms with E-state index in [4.69, 9.17) is 0 Å². The number of nitrogens with one attached hydrogen (secondary N) is 2. The normalized spacial score (nSPS) is 29.9. The Balaban J connectivity index is 1.79. The first kappa shape index (κ1) is 16.2. The molecule has 2 unspecified atom stereocenters. The van der Waals surface area contributed by atoms with Crippen molar-refractivity contribution in [2.75, 3.05) is 26.2 Å². The van der Waals surface area contributed by atoms with E-state index in [1.165, 1.54) is 0 Å². The minimum Gasteiger partial charge on any atom is -0.317 e. The average molecular weight is 303 g/mol. The second-order valence-corrected chi connectivity index (χ2v) is 8.09. The lowest BCUT2D eigenvalue weighted by Crippen LogP contribution is -2.48. The van der Waals surface area contributed by atoms with Gasteiger partial charge in [-0.2, -0.15) is 17.4 Å². The summed E-state index contributed by atoms with van der Waals surface area (Å²) in [7, 11) is -3.27. The summed E-state index contributed by atoms with van der Waals surface area (Å²) in [4.78, 5) is 0. The minimum absolute atomic E-state index is 0.148. The largest absolute Gasteiger partial charge is 0.317 e. The van der Waals surface area contributed by atoms with Crippen LogP contribution in [0.15, 0.2) is 0 Å². The molecule has 118 valence electrons. The highest BCUT2D eigenvalue weighted by atomic mass is 32.2. The molecule has 6 heteroatoms. The van der Waals surface area contributed by atoms with Crippen LogP contribution in [0.1, 0.15) is 46.0 Å². The molecule has 1 aliphatic carbocycles. The predicted octanol–water partition coefficient (Wildman–Crippen LogP) is 1.33. The smallest absolute Gasteiger partial charge is 0.279 e. The Morgan fingerprint density at radius 2 is 1.85 bits per heavy atom. The lowest BCUT2D eigenvalue weighted by molar-refractivity contribution is 0.264. The van der Waals surface area contributed by atoms with Crippen LogP contribution in [0.25, 0.3) is 0 Å². The third kappa shape index (κ3) is 4.41. The van der Waals surface area contributed by atoms with Gasteiger partial charge in [-0.25, -0.2) is 0 Å². The van der Waals surface area contributed by atoms with Crippen molar-refractivity contribution in [1.82, 2.24) is 14.3 Å². The summed E-state index contributed by atoms with van der Waals surface area (Å²) in [5.41, 5.74) is 0. The fraction of sp³-hybridized carbons (Fsp3) is 1.00. The van der Waals surface area contributed by atoms with E-state index >= 15 is 0 Å². The minimum atomic E-state index is -3.27. The van der Waals surface area contributed by atoms with Crippen LogP contribution in [0.2, 0.25) is 0 Å². The molecule has 2 fully saturated rings. The molecule has 0 aromatic rings. The molecule has 1 saturated heterocycles. The van der Waals surface area contributed by atoms with Crippen molar-refractivity contribution in [2.45, 2.75) is 52.0 Å². The maximum atomic E-state index is 12.4. The van der Waals surface area contributed by atoms with Gasteiger partial charge in [0.15, 0.2) is 0 Å². The van der Waals surface area contributed by atoms with Crippen molar-refractivity contribution in [3.63, 3.8) is 0 Å². The Bertz CT molecular complexity index is 391. The van der Waals surface area contributed by atoms with Crippen molar-refractivity contribution in [2.24, 2.45) is 11.8 Å². The third-order valence-corrected chi connectivity index (χ3v) is 6.28. The predicted molar refractivity (Wildman–Crippen MR) is 81.7 cm³/mol. The van der Waals surface area contributed by atoms with Gasteiger partial charge in [-0.05, 0) is 57.0 Å². The Hall–Kier alpha value is -0.170. The molecule has 5 nitrogen and oxygen atoms in total. The van der Waals surface area contributed by atoms with Gasteiger partial charge in [-0.1, -0.05) is 13.8 Å². The Labute approximate surface area is 123 Å². The molecular weight excluding hydrogens is 274 g/mol. The standard InChI is InChI=1S/C14H29N3O2S/c1-3-15-11-13-6-8-17(9-7-13)20(18,19)16-14-5-4-12(2)10-14/h12-16H,3-11H2,1-2H3. The zero-order valence-electron chi connectivity index (χ0n) is 12.8. The van der Waals surface area contributed by atoms with Crippen LogP contribution >= 0.6 is 0 Å². The Kier molecular flexibility index (Phi) is 5.84. The van der Waals surface area contributed by atoms with Gasteiger partial charge in [0.1, 0.15) is 0 Å². The molecular formula is C14H29N3O2S. The number of hydrogen-bond acceptors (Lipinski definition) is 3. The van der Waals surface area contributed by atoms with Crippen LogP contribution in [-0.2, 0) is 10.2 Å². The molecule has 0 radical (unpaired) electrons. The van der Waals surface area contributed by atoms with Crippen molar-refractivity contribution in [3.05, 3.63) is 0 Å². The van der Waals surface area contributed by atoms with Crippen molar-refractivity contribution >= 4 is 10.2 Å². The number of nitrogens with zero attached hydrogens (tertiary/aromatic N) is 1. The summed E-state index contributed by atoms with van der Waals surface area (Å²) < 4.78 is 29.3. The van der Waals surface area contributed by atoms with E-state index in [2.05, 4.69) is 23.9 Å². The fourth-order valence-corrected chi connectivity index (χ4v) is 4.78. The monoisotopic (exact) mass is 303 g/mol. The highest BCUT2D eigenvalue weighted by molar-refractivity contribution is 7.87. The summed E-state index contributed by atoms with van der Waals surface area (Å²) in [6.45, 7) is 7.62. The summed E-state index contributed by atoms with van der Waals surface area (Å²) in [6, 6.07) is 0.148. The lowest BCUT2D eigenvalue weighted by atomic mass is 9.98. The molecule has 0 amide bonds. The molecule has 2 N–H and O–H groups in total. The van der Waals surface area contributed by atoms with E-state index in [1.807, 2.05) is 0 Å². The van der Waals surface area contributed by atoms with Crippen LogP contribution < -0.4 is 10.0 Å². The van der Waals surface area contributed by atoms with E-state index in [1.54, 1.807) is 4.31 Å². The molecule has 2 aliphatic rings. The van der Waals surface area contributed by atoms with Gasteiger partial charge in [-0.3, -0.25) is 0 Å². The highest BCUT2D eigenvalue weighted by Gasteiger charge is 2.31. The summed E-state index contributed by atoms with van der Waals surface area (Å²) >= 11 is 0. The molecule has 1 heterocycles. The van der Waals surface area contributed by atoms with Crippen molar-refractivity contribution < 1.29 is 8.42 Å². The molecule has 0 aromatic heterocycles.